The average molecular weight is 358 g/mol. The molecule has 6 nitrogen and oxygen atoms in total. The van der Waals surface area contributed by atoms with E-state index in [1.54, 1.807) is 7.05 Å². The van der Waals surface area contributed by atoms with Gasteiger partial charge in [-0.05, 0) is 12.1 Å². The van der Waals surface area contributed by atoms with Crippen LogP contribution >= 0.6 is 11.6 Å². The number of aryl methyl sites for hydroxylation is 1. The van der Waals surface area contributed by atoms with Crippen LogP contribution in [0.3, 0.4) is 0 Å². The zero-order chi connectivity index (χ0) is 17.6. The van der Waals surface area contributed by atoms with Crippen molar-refractivity contribution in [1.82, 2.24) is 19.7 Å². The minimum absolute atomic E-state index is 0.0334. The van der Waals surface area contributed by atoms with Crippen molar-refractivity contribution in [2.75, 3.05) is 12.8 Å². The number of alkyl halides is 3. The van der Waals surface area contributed by atoms with E-state index in [1.807, 2.05) is 0 Å². The number of methoxy groups -OCH3 is 1. The minimum atomic E-state index is -4.56. The Balaban J connectivity index is 2.35. The van der Waals surface area contributed by atoms with Crippen LogP contribution in [-0.2, 0) is 13.2 Å². The molecule has 3 aromatic rings. The third-order valence-electron chi connectivity index (χ3n) is 3.43. The van der Waals surface area contributed by atoms with E-state index >= 15 is 0 Å². The highest BCUT2D eigenvalue weighted by molar-refractivity contribution is 6.32. The Bertz CT molecular complexity index is 938. The number of benzene rings is 1. The molecule has 10 heteroatoms. The summed E-state index contributed by atoms with van der Waals surface area (Å²) < 4.78 is 45.9. The highest BCUT2D eigenvalue weighted by Gasteiger charge is 2.33. The number of nitrogens with zero attached hydrogens (tertiary/aromatic N) is 4. The molecule has 0 unspecified atom stereocenters. The number of nitrogen functional groups attached to an aromatic ring is 1. The molecule has 2 aromatic heterocycles. The molecule has 0 bridgehead atoms. The van der Waals surface area contributed by atoms with Gasteiger partial charge in [0.05, 0.1) is 23.1 Å². The van der Waals surface area contributed by atoms with Gasteiger partial charge in [0.2, 0.25) is 5.95 Å². The number of anilines is 1. The van der Waals surface area contributed by atoms with Gasteiger partial charge in [-0.1, -0.05) is 11.6 Å². The second-order valence-electron chi connectivity index (χ2n) is 4.97. The van der Waals surface area contributed by atoms with Crippen molar-refractivity contribution in [2.45, 2.75) is 6.18 Å². The molecular formula is C14H11ClF3N5O. The lowest BCUT2D eigenvalue weighted by Crippen LogP contribution is -2.06. The Kier molecular flexibility index (Phi) is 3.75. The summed E-state index contributed by atoms with van der Waals surface area (Å²) in [5.74, 6) is 0.118. The second kappa shape index (κ2) is 5.52. The van der Waals surface area contributed by atoms with E-state index in [0.29, 0.717) is 11.0 Å². The van der Waals surface area contributed by atoms with Crippen molar-refractivity contribution < 1.29 is 17.9 Å². The van der Waals surface area contributed by atoms with Crippen LogP contribution in [0.1, 0.15) is 5.56 Å². The molecule has 0 saturated carbocycles. The average Bonchev–Trinajstić information content (AvgIpc) is 2.82. The molecule has 0 radical (unpaired) electrons. The van der Waals surface area contributed by atoms with Gasteiger partial charge in [0.25, 0.3) is 0 Å². The van der Waals surface area contributed by atoms with E-state index in [4.69, 9.17) is 22.1 Å². The number of halogens is 4. The molecule has 2 N–H and O–H groups in total. The Morgan fingerprint density at radius 1 is 1.29 bits per heavy atom. The van der Waals surface area contributed by atoms with E-state index in [0.717, 1.165) is 12.1 Å². The van der Waals surface area contributed by atoms with Crippen molar-refractivity contribution >= 4 is 28.6 Å². The summed E-state index contributed by atoms with van der Waals surface area (Å²) in [5.41, 5.74) is 5.34. The van der Waals surface area contributed by atoms with E-state index in [2.05, 4.69) is 15.1 Å². The third kappa shape index (κ3) is 2.60. The smallest absolute Gasteiger partial charge is 0.416 e. The fraction of sp³-hybridized carbons (Fsp3) is 0.214. The molecule has 2 heterocycles. The van der Waals surface area contributed by atoms with Crippen LogP contribution in [0.5, 0.6) is 5.75 Å². The van der Waals surface area contributed by atoms with Gasteiger partial charge >= 0.3 is 6.18 Å². The lowest BCUT2D eigenvalue weighted by Gasteiger charge is -2.13. The number of fused-ring (bicyclic) bond motifs is 1. The fourth-order valence-electron chi connectivity index (χ4n) is 2.39. The normalized spacial score (nSPS) is 11.9. The molecule has 0 amide bonds. The molecule has 24 heavy (non-hydrogen) atoms. The Labute approximate surface area is 139 Å². The largest absolute Gasteiger partial charge is 0.494 e. The van der Waals surface area contributed by atoms with Crippen LogP contribution in [-0.4, -0.2) is 26.9 Å². The predicted octanol–water partition coefficient (Wildman–Crippen LogP) is 3.29. The SMILES string of the molecule is COc1c(Cl)cc(C(F)(F)F)cc1-c1nn(C)c2nc(N)ncc12. The lowest BCUT2D eigenvalue weighted by molar-refractivity contribution is -0.137. The van der Waals surface area contributed by atoms with Crippen LogP contribution in [0.4, 0.5) is 19.1 Å². The van der Waals surface area contributed by atoms with Crippen molar-refractivity contribution in [1.29, 1.82) is 0 Å². The van der Waals surface area contributed by atoms with Crippen molar-refractivity contribution in [3.63, 3.8) is 0 Å². The summed E-state index contributed by atoms with van der Waals surface area (Å²) >= 11 is 5.96. The van der Waals surface area contributed by atoms with Gasteiger partial charge in [-0.2, -0.15) is 23.3 Å². The van der Waals surface area contributed by atoms with Crippen molar-refractivity contribution in [2.24, 2.45) is 7.05 Å². The maximum absolute atomic E-state index is 13.1. The van der Waals surface area contributed by atoms with Crippen LogP contribution in [0.2, 0.25) is 5.02 Å². The predicted molar refractivity (Wildman–Crippen MR) is 82.7 cm³/mol. The number of hydrogen-bond acceptors (Lipinski definition) is 5. The molecule has 1 aromatic carbocycles. The molecule has 126 valence electrons. The Morgan fingerprint density at radius 3 is 2.62 bits per heavy atom. The van der Waals surface area contributed by atoms with Gasteiger partial charge in [0.1, 0.15) is 11.4 Å². The number of rotatable bonds is 2. The van der Waals surface area contributed by atoms with E-state index < -0.39 is 11.7 Å². The first-order valence-corrected chi connectivity index (χ1v) is 7.00. The Hall–Kier alpha value is -2.55. The molecule has 0 aliphatic heterocycles. The first kappa shape index (κ1) is 16.3. The summed E-state index contributed by atoms with van der Waals surface area (Å²) in [6.45, 7) is 0. The van der Waals surface area contributed by atoms with Gasteiger partial charge in [0.15, 0.2) is 5.65 Å². The Morgan fingerprint density at radius 2 is 2.00 bits per heavy atom. The second-order valence-corrected chi connectivity index (χ2v) is 5.38. The number of aromatic nitrogens is 4. The standard InChI is InChI=1S/C14H11ClF3N5O/c1-23-12-8(5-20-13(19)21-12)10(22-23)7-3-6(14(16,17)18)4-9(15)11(7)24-2/h3-5H,1-2H3,(H2,19,20,21). The van der Waals surface area contributed by atoms with Crippen LogP contribution in [0.25, 0.3) is 22.3 Å². The van der Waals surface area contributed by atoms with E-state index in [-0.39, 0.29) is 28.0 Å². The van der Waals surface area contributed by atoms with Crippen LogP contribution < -0.4 is 10.5 Å². The maximum atomic E-state index is 13.1. The van der Waals surface area contributed by atoms with Crippen molar-refractivity contribution in [3.05, 3.63) is 28.9 Å². The molecular weight excluding hydrogens is 347 g/mol. The van der Waals surface area contributed by atoms with Gasteiger partial charge < -0.3 is 10.5 Å². The lowest BCUT2D eigenvalue weighted by atomic mass is 10.0. The van der Waals surface area contributed by atoms with Gasteiger partial charge in [-0.15, -0.1) is 0 Å². The molecule has 0 spiro atoms. The zero-order valence-corrected chi connectivity index (χ0v) is 13.3. The zero-order valence-electron chi connectivity index (χ0n) is 12.5. The van der Waals surface area contributed by atoms with E-state index in [9.17, 15) is 13.2 Å². The number of nitrogens with two attached hydrogens (primary N) is 1. The molecule has 0 saturated heterocycles. The molecule has 3 rings (SSSR count). The summed E-state index contributed by atoms with van der Waals surface area (Å²) in [7, 11) is 2.91. The highest BCUT2D eigenvalue weighted by atomic mass is 35.5. The topological polar surface area (TPSA) is 78.8 Å². The molecule has 0 aliphatic rings. The number of ether oxygens (including phenoxy) is 1. The van der Waals surface area contributed by atoms with Crippen LogP contribution in [0, 0.1) is 0 Å². The van der Waals surface area contributed by atoms with Crippen LogP contribution in [0.15, 0.2) is 18.3 Å². The molecule has 0 fully saturated rings. The quantitative estimate of drug-likeness (QED) is 0.761. The minimum Gasteiger partial charge on any atom is -0.494 e. The van der Waals surface area contributed by atoms with Gasteiger partial charge in [-0.3, -0.25) is 0 Å². The highest BCUT2D eigenvalue weighted by Crippen LogP contribution is 2.43. The maximum Gasteiger partial charge on any atom is 0.416 e. The summed E-state index contributed by atoms with van der Waals surface area (Å²) in [5, 5.41) is 4.49. The molecule has 0 aliphatic carbocycles. The summed E-state index contributed by atoms with van der Waals surface area (Å²) in [6.07, 6.45) is -3.16. The monoisotopic (exact) mass is 357 g/mol. The van der Waals surface area contributed by atoms with Crippen molar-refractivity contribution in [3.8, 4) is 17.0 Å². The first-order valence-electron chi connectivity index (χ1n) is 6.62. The fourth-order valence-corrected chi connectivity index (χ4v) is 2.69. The van der Waals surface area contributed by atoms with Gasteiger partial charge in [-0.25, -0.2) is 9.67 Å². The first-order chi connectivity index (χ1) is 11.2. The van der Waals surface area contributed by atoms with Gasteiger partial charge in [0, 0.05) is 18.8 Å². The molecule has 0 atom stereocenters. The van der Waals surface area contributed by atoms with E-state index in [1.165, 1.54) is 18.0 Å². The third-order valence-corrected chi connectivity index (χ3v) is 3.71. The number of hydrogen-bond donors (Lipinski definition) is 1. The summed E-state index contributed by atoms with van der Waals surface area (Å²) in [4.78, 5) is 7.91. The summed E-state index contributed by atoms with van der Waals surface area (Å²) in [6, 6.07) is 1.74.